The molecule has 1 N–H and O–H groups in total. The van der Waals surface area contributed by atoms with Gasteiger partial charge in [-0.05, 0) is 57.9 Å². The zero-order chi connectivity index (χ0) is 11.0. The Labute approximate surface area is 99.8 Å². The molecular weight excluding hydrogens is 196 g/mol. The highest BCUT2D eigenvalue weighted by molar-refractivity contribution is 4.95. The Morgan fingerprint density at radius 1 is 1.12 bits per heavy atom. The van der Waals surface area contributed by atoms with Gasteiger partial charge in [-0.15, -0.1) is 0 Å². The second kappa shape index (κ2) is 4.66. The maximum atomic E-state index is 3.70. The van der Waals surface area contributed by atoms with Gasteiger partial charge < -0.3 is 5.32 Å². The van der Waals surface area contributed by atoms with Crippen LogP contribution in [0.25, 0.3) is 0 Å². The standard InChI is InChI=1S/C14H26N2/c1-11(12-5-6-12)16(14-7-8-14)10-13-4-2-3-9-15-13/h11-15H,2-10H2,1H3. The Kier molecular flexibility index (Phi) is 3.21. The molecule has 0 amide bonds. The van der Waals surface area contributed by atoms with Gasteiger partial charge >= 0.3 is 0 Å². The van der Waals surface area contributed by atoms with Crippen molar-refractivity contribution in [3.05, 3.63) is 0 Å². The molecule has 2 saturated carbocycles. The third-order valence-corrected chi connectivity index (χ3v) is 4.69. The van der Waals surface area contributed by atoms with Gasteiger partial charge in [-0.3, -0.25) is 4.90 Å². The van der Waals surface area contributed by atoms with Gasteiger partial charge in [0.05, 0.1) is 0 Å². The van der Waals surface area contributed by atoms with E-state index in [-0.39, 0.29) is 0 Å². The Bertz CT molecular complexity index is 227. The minimum atomic E-state index is 0.788. The van der Waals surface area contributed by atoms with Gasteiger partial charge in [0.25, 0.3) is 0 Å². The summed E-state index contributed by atoms with van der Waals surface area (Å²) in [6.45, 7) is 5.04. The van der Waals surface area contributed by atoms with Crippen molar-refractivity contribution >= 4 is 0 Å². The highest BCUT2D eigenvalue weighted by atomic mass is 15.2. The van der Waals surface area contributed by atoms with Gasteiger partial charge in [0.1, 0.15) is 0 Å². The fourth-order valence-electron chi connectivity index (χ4n) is 3.24. The summed E-state index contributed by atoms with van der Waals surface area (Å²) in [6.07, 6.45) is 10.1. The largest absolute Gasteiger partial charge is 0.313 e. The highest BCUT2D eigenvalue weighted by Gasteiger charge is 2.39. The van der Waals surface area contributed by atoms with Crippen molar-refractivity contribution in [3.8, 4) is 0 Å². The first-order chi connectivity index (χ1) is 7.84. The van der Waals surface area contributed by atoms with E-state index in [9.17, 15) is 0 Å². The summed E-state index contributed by atoms with van der Waals surface area (Å²) in [4.78, 5) is 2.83. The normalized spacial score (nSPS) is 33.0. The van der Waals surface area contributed by atoms with Crippen LogP contribution in [0.15, 0.2) is 0 Å². The topological polar surface area (TPSA) is 15.3 Å². The summed E-state index contributed by atoms with van der Waals surface area (Å²) in [5, 5.41) is 3.70. The fourth-order valence-corrected chi connectivity index (χ4v) is 3.24. The minimum Gasteiger partial charge on any atom is -0.313 e. The quantitative estimate of drug-likeness (QED) is 0.768. The zero-order valence-electron chi connectivity index (χ0n) is 10.6. The summed E-state index contributed by atoms with van der Waals surface area (Å²) >= 11 is 0. The first-order valence-electron chi connectivity index (χ1n) is 7.34. The molecule has 2 nitrogen and oxygen atoms in total. The summed E-state index contributed by atoms with van der Waals surface area (Å²) in [7, 11) is 0. The molecular formula is C14H26N2. The lowest BCUT2D eigenvalue weighted by molar-refractivity contribution is 0.151. The van der Waals surface area contributed by atoms with E-state index in [1.807, 2.05) is 0 Å². The molecule has 1 heterocycles. The van der Waals surface area contributed by atoms with Crippen molar-refractivity contribution < 1.29 is 0 Å². The predicted octanol–water partition coefficient (Wildman–Crippen LogP) is 2.39. The van der Waals surface area contributed by atoms with Crippen LogP contribution in [-0.2, 0) is 0 Å². The molecule has 2 unspecified atom stereocenters. The highest BCUT2D eigenvalue weighted by Crippen LogP contribution is 2.39. The maximum absolute atomic E-state index is 3.70. The number of hydrogen-bond acceptors (Lipinski definition) is 2. The third kappa shape index (κ3) is 2.60. The summed E-state index contributed by atoms with van der Waals surface area (Å²) in [5.74, 6) is 1.03. The van der Waals surface area contributed by atoms with E-state index in [4.69, 9.17) is 0 Å². The average molecular weight is 222 g/mol. The lowest BCUT2D eigenvalue weighted by Gasteiger charge is -2.34. The molecule has 0 aromatic carbocycles. The molecule has 1 aliphatic heterocycles. The van der Waals surface area contributed by atoms with E-state index >= 15 is 0 Å². The molecule has 0 aromatic rings. The lowest BCUT2D eigenvalue weighted by atomic mass is 10.0. The molecule has 2 aliphatic carbocycles. The molecule has 92 valence electrons. The molecule has 2 heteroatoms. The average Bonchev–Trinajstić information content (AvgIpc) is 3.19. The Morgan fingerprint density at radius 2 is 1.94 bits per heavy atom. The smallest absolute Gasteiger partial charge is 0.0195 e. The van der Waals surface area contributed by atoms with Gasteiger partial charge in [-0.2, -0.15) is 0 Å². The zero-order valence-corrected chi connectivity index (χ0v) is 10.6. The van der Waals surface area contributed by atoms with E-state index < -0.39 is 0 Å². The molecule has 0 radical (unpaired) electrons. The molecule has 3 rings (SSSR count). The van der Waals surface area contributed by atoms with Crippen LogP contribution in [-0.4, -0.2) is 36.1 Å². The van der Waals surface area contributed by atoms with E-state index in [2.05, 4.69) is 17.1 Å². The SMILES string of the molecule is CC(C1CC1)N(CC1CCCCN1)C1CC1. The summed E-state index contributed by atoms with van der Waals surface area (Å²) in [6, 6.07) is 2.59. The molecule has 0 spiro atoms. The second-order valence-electron chi connectivity index (χ2n) is 6.15. The van der Waals surface area contributed by atoms with E-state index in [0.717, 1.165) is 24.0 Å². The molecule has 0 bridgehead atoms. The van der Waals surface area contributed by atoms with Gasteiger partial charge in [0, 0.05) is 24.7 Å². The molecule has 3 fully saturated rings. The van der Waals surface area contributed by atoms with Crippen molar-refractivity contribution in [2.24, 2.45) is 5.92 Å². The van der Waals surface area contributed by atoms with Crippen LogP contribution >= 0.6 is 0 Å². The Balaban J connectivity index is 1.54. The minimum absolute atomic E-state index is 0.788. The van der Waals surface area contributed by atoms with Crippen molar-refractivity contribution in [1.82, 2.24) is 10.2 Å². The lowest BCUT2D eigenvalue weighted by Crippen LogP contribution is -2.48. The Morgan fingerprint density at radius 3 is 2.50 bits per heavy atom. The van der Waals surface area contributed by atoms with E-state index in [0.29, 0.717) is 0 Å². The van der Waals surface area contributed by atoms with Gasteiger partial charge in [0.15, 0.2) is 0 Å². The molecule has 0 aromatic heterocycles. The number of piperidine rings is 1. The number of rotatable bonds is 5. The van der Waals surface area contributed by atoms with Crippen LogP contribution in [0.2, 0.25) is 0 Å². The van der Waals surface area contributed by atoms with Gasteiger partial charge in [-0.25, -0.2) is 0 Å². The molecule has 3 aliphatic rings. The monoisotopic (exact) mass is 222 g/mol. The fraction of sp³-hybridized carbons (Fsp3) is 1.00. The van der Waals surface area contributed by atoms with Crippen LogP contribution in [0.1, 0.15) is 51.9 Å². The van der Waals surface area contributed by atoms with Crippen LogP contribution in [0.4, 0.5) is 0 Å². The number of hydrogen-bond donors (Lipinski definition) is 1. The second-order valence-corrected chi connectivity index (χ2v) is 6.15. The maximum Gasteiger partial charge on any atom is 0.0195 e. The van der Waals surface area contributed by atoms with Crippen molar-refractivity contribution in [1.29, 1.82) is 0 Å². The van der Waals surface area contributed by atoms with Crippen LogP contribution in [0.3, 0.4) is 0 Å². The Hall–Kier alpha value is -0.0800. The first kappa shape index (κ1) is 11.0. The van der Waals surface area contributed by atoms with Crippen molar-refractivity contribution in [3.63, 3.8) is 0 Å². The summed E-state index contributed by atoms with van der Waals surface area (Å²) < 4.78 is 0. The van der Waals surface area contributed by atoms with E-state index in [1.165, 1.54) is 58.0 Å². The number of nitrogens with one attached hydrogen (secondary N) is 1. The van der Waals surface area contributed by atoms with Crippen molar-refractivity contribution in [2.45, 2.75) is 70.0 Å². The van der Waals surface area contributed by atoms with Crippen molar-refractivity contribution in [2.75, 3.05) is 13.1 Å². The van der Waals surface area contributed by atoms with E-state index in [1.54, 1.807) is 0 Å². The van der Waals surface area contributed by atoms with Crippen LogP contribution in [0, 0.1) is 5.92 Å². The van der Waals surface area contributed by atoms with Crippen LogP contribution < -0.4 is 5.32 Å². The summed E-state index contributed by atoms with van der Waals surface area (Å²) in [5.41, 5.74) is 0. The predicted molar refractivity (Wildman–Crippen MR) is 67.6 cm³/mol. The first-order valence-corrected chi connectivity index (χ1v) is 7.34. The number of nitrogens with zero attached hydrogens (tertiary/aromatic N) is 1. The van der Waals surface area contributed by atoms with Crippen LogP contribution in [0.5, 0.6) is 0 Å². The van der Waals surface area contributed by atoms with Gasteiger partial charge in [-0.1, -0.05) is 6.42 Å². The third-order valence-electron chi connectivity index (χ3n) is 4.69. The van der Waals surface area contributed by atoms with Gasteiger partial charge in [0.2, 0.25) is 0 Å². The molecule has 1 saturated heterocycles. The molecule has 16 heavy (non-hydrogen) atoms. The molecule has 2 atom stereocenters.